The molecule has 1 aromatic carbocycles. The quantitative estimate of drug-likeness (QED) is 0.828. The maximum Gasteiger partial charge on any atom is 0.137 e. The predicted molar refractivity (Wildman–Crippen MR) is 90.2 cm³/mol. The molecule has 1 N–H and O–H groups in total. The van der Waals surface area contributed by atoms with Crippen molar-refractivity contribution in [3.8, 4) is 0 Å². The van der Waals surface area contributed by atoms with Crippen molar-refractivity contribution < 1.29 is 4.39 Å². The first-order chi connectivity index (χ1) is 10.0. The third kappa shape index (κ3) is 3.49. The Balaban J connectivity index is 2.28. The Bertz CT molecular complexity index is 470. The first-order valence-electron chi connectivity index (χ1n) is 7.85. The predicted octanol–water partition coefficient (Wildman–Crippen LogP) is 3.98. The highest BCUT2D eigenvalue weighted by molar-refractivity contribution is 9.10. The van der Waals surface area contributed by atoms with Crippen molar-refractivity contribution in [2.45, 2.75) is 50.6 Å². The third-order valence-electron chi connectivity index (χ3n) is 4.91. The molecule has 1 aliphatic carbocycles. The van der Waals surface area contributed by atoms with E-state index >= 15 is 0 Å². The van der Waals surface area contributed by atoms with Gasteiger partial charge in [0.05, 0.1) is 4.47 Å². The summed E-state index contributed by atoms with van der Waals surface area (Å²) in [6.07, 6.45) is 5.84. The Hall–Kier alpha value is -0.450. The summed E-state index contributed by atoms with van der Waals surface area (Å²) in [5.41, 5.74) is 1.23. The summed E-state index contributed by atoms with van der Waals surface area (Å²) >= 11 is 3.41. The van der Waals surface area contributed by atoms with E-state index in [2.05, 4.69) is 47.2 Å². The van der Waals surface area contributed by atoms with E-state index in [1.54, 1.807) is 6.07 Å². The fourth-order valence-electron chi connectivity index (χ4n) is 3.72. The molecule has 1 aliphatic rings. The van der Waals surface area contributed by atoms with Crippen LogP contribution in [0.5, 0.6) is 0 Å². The standard InChI is InChI=1S/C17H26BrFN2/c1-4-20-15(17(21(2)3)10-5-6-11-17)12-13-8-7-9-14(19)16(13)18/h7-9,15,20H,4-6,10-12H2,1-3H3. The highest BCUT2D eigenvalue weighted by Crippen LogP contribution is 2.38. The Morgan fingerprint density at radius 1 is 1.33 bits per heavy atom. The zero-order valence-corrected chi connectivity index (χ0v) is 14.8. The van der Waals surface area contributed by atoms with Gasteiger partial charge in [-0.25, -0.2) is 4.39 Å². The summed E-state index contributed by atoms with van der Waals surface area (Å²) in [5, 5.41) is 3.66. The van der Waals surface area contributed by atoms with Gasteiger partial charge in [0.2, 0.25) is 0 Å². The molecule has 1 unspecified atom stereocenters. The average Bonchev–Trinajstić information content (AvgIpc) is 2.94. The van der Waals surface area contributed by atoms with Crippen LogP contribution >= 0.6 is 15.9 Å². The van der Waals surface area contributed by atoms with Crippen LogP contribution in [0.15, 0.2) is 22.7 Å². The lowest BCUT2D eigenvalue weighted by Crippen LogP contribution is -2.58. The van der Waals surface area contributed by atoms with Crippen LogP contribution in [0.3, 0.4) is 0 Å². The van der Waals surface area contributed by atoms with E-state index in [0.717, 1.165) is 18.5 Å². The zero-order chi connectivity index (χ0) is 15.5. The molecule has 0 bridgehead atoms. The topological polar surface area (TPSA) is 15.3 Å². The third-order valence-corrected chi connectivity index (χ3v) is 5.80. The highest BCUT2D eigenvalue weighted by Gasteiger charge is 2.42. The molecule has 1 saturated carbocycles. The molecule has 0 heterocycles. The van der Waals surface area contributed by atoms with Crippen molar-refractivity contribution in [3.63, 3.8) is 0 Å². The second-order valence-electron chi connectivity index (χ2n) is 6.23. The first-order valence-corrected chi connectivity index (χ1v) is 8.64. The lowest BCUT2D eigenvalue weighted by molar-refractivity contribution is 0.105. The van der Waals surface area contributed by atoms with E-state index in [-0.39, 0.29) is 11.4 Å². The molecule has 1 aromatic rings. The molecule has 1 atom stereocenters. The van der Waals surface area contributed by atoms with E-state index in [1.807, 2.05) is 6.07 Å². The lowest BCUT2D eigenvalue weighted by Gasteiger charge is -2.44. The molecule has 21 heavy (non-hydrogen) atoms. The zero-order valence-electron chi connectivity index (χ0n) is 13.3. The van der Waals surface area contributed by atoms with Crippen molar-refractivity contribution >= 4 is 15.9 Å². The van der Waals surface area contributed by atoms with Gasteiger partial charge in [-0.2, -0.15) is 0 Å². The van der Waals surface area contributed by atoms with Crippen molar-refractivity contribution in [1.29, 1.82) is 0 Å². The van der Waals surface area contributed by atoms with Crippen molar-refractivity contribution in [1.82, 2.24) is 10.2 Å². The number of benzene rings is 1. The average molecular weight is 357 g/mol. The van der Waals surface area contributed by atoms with E-state index in [0.29, 0.717) is 10.5 Å². The van der Waals surface area contributed by atoms with Crippen molar-refractivity contribution in [2.24, 2.45) is 0 Å². The van der Waals surface area contributed by atoms with Gasteiger partial charge in [-0.15, -0.1) is 0 Å². The largest absolute Gasteiger partial charge is 0.312 e. The fraction of sp³-hybridized carbons (Fsp3) is 0.647. The van der Waals surface area contributed by atoms with E-state index in [4.69, 9.17) is 0 Å². The Morgan fingerprint density at radius 3 is 2.57 bits per heavy atom. The Kier molecular flexibility index (Phi) is 5.81. The van der Waals surface area contributed by atoms with Crippen LogP contribution in [0.1, 0.15) is 38.2 Å². The minimum absolute atomic E-state index is 0.173. The van der Waals surface area contributed by atoms with Crippen molar-refractivity contribution in [3.05, 3.63) is 34.1 Å². The summed E-state index contributed by atoms with van der Waals surface area (Å²) in [6.45, 7) is 3.08. The molecule has 4 heteroatoms. The summed E-state index contributed by atoms with van der Waals surface area (Å²) in [7, 11) is 4.35. The van der Waals surface area contributed by atoms with Gasteiger partial charge in [-0.3, -0.25) is 0 Å². The van der Waals surface area contributed by atoms with E-state index in [9.17, 15) is 4.39 Å². The van der Waals surface area contributed by atoms with E-state index < -0.39 is 0 Å². The fourth-order valence-corrected chi connectivity index (χ4v) is 4.15. The molecule has 0 amide bonds. The molecular formula is C17H26BrFN2. The molecule has 0 aromatic heterocycles. The number of likely N-dealkylation sites (N-methyl/N-ethyl adjacent to an activating group) is 2. The number of halogens is 2. The SMILES string of the molecule is CCNC(Cc1cccc(F)c1Br)C1(N(C)C)CCCC1. The maximum atomic E-state index is 13.8. The van der Waals surface area contributed by atoms with Crippen LogP contribution in [0, 0.1) is 5.82 Å². The second kappa shape index (κ2) is 7.21. The van der Waals surface area contributed by atoms with Gasteiger partial charge in [-0.05, 0) is 67.5 Å². The lowest BCUT2D eigenvalue weighted by atomic mass is 9.83. The number of nitrogens with zero attached hydrogens (tertiary/aromatic N) is 1. The minimum atomic E-state index is -0.173. The highest BCUT2D eigenvalue weighted by atomic mass is 79.9. The normalized spacial score (nSPS) is 19.1. The molecule has 1 fully saturated rings. The summed E-state index contributed by atoms with van der Waals surface area (Å²) in [5.74, 6) is -0.173. The molecule has 0 aliphatic heterocycles. The van der Waals surface area contributed by atoms with Gasteiger partial charge < -0.3 is 10.2 Å². The van der Waals surface area contributed by atoms with Crippen LogP contribution < -0.4 is 5.32 Å². The maximum absolute atomic E-state index is 13.8. The van der Waals surface area contributed by atoms with Crippen LogP contribution in [0.2, 0.25) is 0 Å². The van der Waals surface area contributed by atoms with Crippen molar-refractivity contribution in [2.75, 3.05) is 20.6 Å². The van der Waals surface area contributed by atoms with Crippen LogP contribution in [-0.2, 0) is 6.42 Å². The summed E-state index contributed by atoms with van der Waals surface area (Å²) in [6, 6.07) is 5.68. The number of rotatable bonds is 6. The molecule has 118 valence electrons. The van der Waals surface area contributed by atoms with Gasteiger partial charge in [0.1, 0.15) is 5.82 Å². The van der Waals surface area contributed by atoms with Gasteiger partial charge in [0.25, 0.3) is 0 Å². The van der Waals surface area contributed by atoms with Gasteiger partial charge in [0, 0.05) is 11.6 Å². The number of hydrogen-bond donors (Lipinski definition) is 1. The van der Waals surface area contributed by atoms with E-state index in [1.165, 1.54) is 31.7 Å². The van der Waals surface area contributed by atoms with Gasteiger partial charge >= 0.3 is 0 Å². The Morgan fingerprint density at radius 2 is 2.00 bits per heavy atom. The monoisotopic (exact) mass is 356 g/mol. The smallest absolute Gasteiger partial charge is 0.137 e. The number of nitrogens with one attached hydrogen (secondary N) is 1. The van der Waals surface area contributed by atoms with Crippen LogP contribution in [0.4, 0.5) is 4.39 Å². The summed E-state index contributed by atoms with van der Waals surface area (Å²) in [4.78, 5) is 2.38. The molecule has 0 spiro atoms. The molecule has 0 saturated heterocycles. The van der Waals surface area contributed by atoms with Gasteiger partial charge in [-0.1, -0.05) is 31.9 Å². The molecular weight excluding hydrogens is 331 g/mol. The first kappa shape index (κ1) is 16.9. The molecule has 2 nitrogen and oxygen atoms in total. The second-order valence-corrected chi connectivity index (χ2v) is 7.03. The van der Waals surface area contributed by atoms with Gasteiger partial charge in [0.15, 0.2) is 0 Å². The Labute approximate surface area is 136 Å². The molecule has 2 rings (SSSR count). The summed E-state index contributed by atoms with van der Waals surface area (Å²) < 4.78 is 14.4. The van der Waals surface area contributed by atoms with Crippen LogP contribution in [-0.4, -0.2) is 37.1 Å². The minimum Gasteiger partial charge on any atom is -0.312 e. The molecule has 0 radical (unpaired) electrons. The number of hydrogen-bond acceptors (Lipinski definition) is 2. The van der Waals surface area contributed by atoms with Crippen LogP contribution in [0.25, 0.3) is 0 Å².